The molecule has 13 heavy (non-hydrogen) atoms. The first-order valence-corrected chi connectivity index (χ1v) is 5.11. The summed E-state index contributed by atoms with van der Waals surface area (Å²) in [5.74, 6) is 0.700. The van der Waals surface area contributed by atoms with E-state index in [1.165, 1.54) is 5.56 Å². The van der Waals surface area contributed by atoms with Crippen LogP contribution in [-0.4, -0.2) is 9.97 Å². The molecule has 4 heteroatoms. The van der Waals surface area contributed by atoms with Crippen LogP contribution in [0.2, 0.25) is 5.15 Å². The lowest BCUT2D eigenvalue weighted by Gasteiger charge is -1.97. The summed E-state index contributed by atoms with van der Waals surface area (Å²) in [6, 6.07) is 1.67. The molecular formula is C9H7ClN2S. The highest BCUT2D eigenvalue weighted by Gasteiger charge is 2.05. The second-order valence-corrected chi connectivity index (χ2v) is 3.80. The average molecular weight is 211 g/mol. The van der Waals surface area contributed by atoms with Crippen LogP contribution >= 0.6 is 22.9 Å². The molecule has 0 unspecified atom stereocenters. The van der Waals surface area contributed by atoms with E-state index in [2.05, 4.69) is 15.3 Å². The van der Waals surface area contributed by atoms with Gasteiger partial charge in [-0.05, 0) is 23.9 Å². The van der Waals surface area contributed by atoms with Crippen molar-refractivity contribution in [2.45, 2.75) is 6.92 Å². The SMILES string of the molecule is Cc1cscc1-c1nccc(Cl)n1. The van der Waals surface area contributed by atoms with E-state index in [0.717, 1.165) is 5.56 Å². The van der Waals surface area contributed by atoms with Crippen molar-refractivity contribution in [1.82, 2.24) is 9.97 Å². The molecule has 0 aromatic carbocycles. The Hall–Kier alpha value is -0.930. The van der Waals surface area contributed by atoms with Gasteiger partial charge in [0.2, 0.25) is 0 Å². The number of halogens is 1. The molecule has 0 bridgehead atoms. The summed E-state index contributed by atoms with van der Waals surface area (Å²) in [4.78, 5) is 8.29. The van der Waals surface area contributed by atoms with Crippen LogP contribution < -0.4 is 0 Å². The highest BCUT2D eigenvalue weighted by molar-refractivity contribution is 7.08. The molecule has 0 aliphatic carbocycles. The van der Waals surface area contributed by atoms with Crippen LogP contribution in [0.25, 0.3) is 11.4 Å². The molecule has 0 radical (unpaired) electrons. The van der Waals surface area contributed by atoms with Crippen LogP contribution in [0.3, 0.4) is 0 Å². The van der Waals surface area contributed by atoms with Crippen LogP contribution in [0.4, 0.5) is 0 Å². The minimum absolute atomic E-state index is 0.482. The van der Waals surface area contributed by atoms with Crippen LogP contribution in [0.5, 0.6) is 0 Å². The predicted octanol–water partition coefficient (Wildman–Crippen LogP) is 3.17. The molecule has 0 saturated carbocycles. The van der Waals surface area contributed by atoms with Crippen molar-refractivity contribution in [3.05, 3.63) is 33.7 Å². The maximum Gasteiger partial charge on any atom is 0.161 e. The molecule has 0 aliphatic rings. The van der Waals surface area contributed by atoms with Crippen molar-refractivity contribution >= 4 is 22.9 Å². The van der Waals surface area contributed by atoms with E-state index >= 15 is 0 Å². The lowest BCUT2D eigenvalue weighted by Crippen LogP contribution is -1.87. The molecule has 0 spiro atoms. The number of nitrogens with zero attached hydrogens (tertiary/aromatic N) is 2. The van der Waals surface area contributed by atoms with Gasteiger partial charge in [0.1, 0.15) is 5.15 Å². The highest BCUT2D eigenvalue weighted by atomic mass is 35.5. The number of thiophene rings is 1. The summed E-state index contributed by atoms with van der Waals surface area (Å²) >= 11 is 7.41. The van der Waals surface area contributed by atoms with Crippen molar-refractivity contribution < 1.29 is 0 Å². The van der Waals surface area contributed by atoms with Gasteiger partial charge >= 0.3 is 0 Å². The van der Waals surface area contributed by atoms with E-state index in [1.807, 2.05) is 12.3 Å². The summed E-state index contributed by atoms with van der Waals surface area (Å²) < 4.78 is 0. The van der Waals surface area contributed by atoms with E-state index in [0.29, 0.717) is 11.0 Å². The fourth-order valence-electron chi connectivity index (χ4n) is 1.06. The van der Waals surface area contributed by atoms with E-state index < -0.39 is 0 Å². The second kappa shape index (κ2) is 3.44. The van der Waals surface area contributed by atoms with Crippen molar-refractivity contribution in [3.8, 4) is 11.4 Å². The van der Waals surface area contributed by atoms with Gasteiger partial charge in [0.25, 0.3) is 0 Å². The largest absolute Gasteiger partial charge is 0.236 e. The van der Waals surface area contributed by atoms with Crippen LogP contribution in [0.15, 0.2) is 23.0 Å². The molecule has 2 rings (SSSR count). The zero-order valence-corrected chi connectivity index (χ0v) is 8.56. The van der Waals surface area contributed by atoms with E-state index in [-0.39, 0.29) is 0 Å². The first kappa shape index (κ1) is 8.66. The van der Waals surface area contributed by atoms with Gasteiger partial charge < -0.3 is 0 Å². The fraction of sp³-hybridized carbons (Fsp3) is 0.111. The van der Waals surface area contributed by atoms with Gasteiger partial charge in [0.15, 0.2) is 5.82 Å². The number of hydrogen-bond acceptors (Lipinski definition) is 3. The third-order valence-electron chi connectivity index (χ3n) is 1.72. The first-order chi connectivity index (χ1) is 6.27. The van der Waals surface area contributed by atoms with Gasteiger partial charge in [0.05, 0.1) is 0 Å². The molecule has 0 amide bonds. The van der Waals surface area contributed by atoms with Crippen LogP contribution in [0, 0.1) is 6.92 Å². The van der Waals surface area contributed by atoms with Crippen molar-refractivity contribution in [1.29, 1.82) is 0 Å². The van der Waals surface area contributed by atoms with Crippen LogP contribution in [0.1, 0.15) is 5.56 Å². The molecule has 2 nitrogen and oxygen atoms in total. The Bertz CT molecular complexity index is 425. The van der Waals surface area contributed by atoms with Gasteiger partial charge in [-0.2, -0.15) is 11.3 Å². The third-order valence-corrected chi connectivity index (χ3v) is 2.79. The topological polar surface area (TPSA) is 25.8 Å². The Labute approximate surface area is 85.2 Å². The summed E-state index contributed by atoms with van der Waals surface area (Å²) in [5.41, 5.74) is 2.25. The first-order valence-electron chi connectivity index (χ1n) is 3.79. The maximum atomic E-state index is 5.77. The lowest BCUT2D eigenvalue weighted by atomic mass is 10.2. The van der Waals surface area contributed by atoms with Crippen molar-refractivity contribution in [2.75, 3.05) is 0 Å². The molecule has 0 atom stereocenters. The van der Waals surface area contributed by atoms with Gasteiger partial charge in [-0.1, -0.05) is 11.6 Å². The van der Waals surface area contributed by atoms with E-state index in [4.69, 9.17) is 11.6 Å². The standard InChI is InChI=1S/C9H7ClN2S/c1-6-4-13-5-7(6)9-11-3-2-8(10)12-9/h2-5H,1H3. The molecule has 2 aromatic rings. The number of aryl methyl sites for hydroxylation is 1. The average Bonchev–Trinajstić information content (AvgIpc) is 2.51. The Balaban J connectivity index is 2.53. The van der Waals surface area contributed by atoms with Gasteiger partial charge in [-0.15, -0.1) is 0 Å². The van der Waals surface area contributed by atoms with Crippen molar-refractivity contribution in [2.24, 2.45) is 0 Å². The maximum absolute atomic E-state index is 5.77. The van der Waals surface area contributed by atoms with Crippen molar-refractivity contribution in [3.63, 3.8) is 0 Å². The van der Waals surface area contributed by atoms with Gasteiger partial charge in [-0.25, -0.2) is 9.97 Å². The second-order valence-electron chi connectivity index (χ2n) is 2.67. The molecule has 2 heterocycles. The molecular weight excluding hydrogens is 204 g/mol. The number of hydrogen-bond donors (Lipinski definition) is 0. The quantitative estimate of drug-likeness (QED) is 0.676. The normalized spacial score (nSPS) is 10.3. The Morgan fingerprint density at radius 2 is 2.23 bits per heavy atom. The van der Waals surface area contributed by atoms with Gasteiger partial charge in [0, 0.05) is 17.1 Å². The summed E-state index contributed by atoms with van der Waals surface area (Å²) in [6.07, 6.45) is 1.67. The zero-order valence-electron chi connectivity index (χ0n) is 6.99. The number of rotatable bonds is 1. The van der Waals surface area contributed by atoms with E-state index in [1.54, 1.807) is 23.6 Å². The Morgan fingerprint density at radius 1 is 1.38 bits per heavy atom. The molecule has 2 aromatic heterocycles. The molecule has 0 saturated heterocycles. The fourth-order valence-corrected chi connectivity index (χ4v) is 2.02. The van der Waals surface area contributed by atoms with Gasteiger partial charge in [-0.3, -0.25) is 0 Å². The monoisotopic (exact) mass is 210 g/mol. The third kappa shape index (κ3) is 1.71. The van der Waals surface area contributed by atoms with Crippen LogP contribution in [-0.2, 0) is 0 Å². The summed E-state index contributed by atoms with van der Waals surface area (Å²) in [5, 5.41) is 4.58. The molecule has 0 N–H and O–H groups in total. The summed E-state index contributed by atoms with van der Waals surface area (Å²) in [6.45, 7) is 2.04. The molecule has 66 valence electrons. The lowest BCUT2D eigenvalue weighted by molar-refractivity contribution is 1.17. The highest BCUT2D eigenvalue weighted by Crippen LogP contribution is 2.23. The predicted molar refractivity (Wildman–Crippen MR) is 55.1 cm³/mol. The Kier molecular flexibility index (Phi) is 2.29. The summed E-state index contributed by atoms with van der Waals surface area (Å²) in [7, 11) is 0. The Morgan fingerprint density at radius 3 is 2.85 bits per heavy atom. The minimum atomic E-state index is 0.482. The number of aromatic nitrogens is 2. The smallest absolute Gasteiger partial charge is 0.161 e. The molecule has 0 aliphatic heterocycles. The molecule has 0 fully saturated rings. The minimum Gasteiger partial charge on any atom is -0.236 e. The zero-order chi connectivity index (χ0) is 9.26. The van der Waals surface area contributed by atoms with E-state index in [9.17, 15) is 0 Å².